The number of piperazine rings is 1. The van der Waals surface area contributed by atoms with E-state index in [1.54, 1.807) is 11.8 Å². The van der Waals surface area contributed by atoms with Crippen molar-refractivity contribution >= 4 is 11.7 Å². The number of aromatic nitrogens is 1. The average Bonchev–Trinajstić information content (AvgIpc) is 2.99. The number of hydrogen-bond acceptors (Lipinski definition) is 4. The number of carbonyl (C=O) groups is 1. The highest BCUT2D eigenvalue weighted by atomic mass is 19.4. The first-order chi connectivity index (χ1) is 11.7. The van der Waals surface area contributed by atoms with Crippen LogP contribution in [0.1, 0.15) is 30.5 Å². The molecule has 2 heterocycles. The van der Waals surface area contributed by atoms with Crippen LogP contribution in [-0.4, -0.2) is 48.0 Å². The van der Waals surface area contributed by atoms with Crippen LogP contribution in [0.25, 0.3) is 0 Å². The molecule has 1 aliphatic heterocycles. The van der Waals surface area contributed by atoms with Gasteiger partial charge in [-0.3, -0.25) is 4.79 Å². The average molecular weight is 356 g/mol. The third-order valence-electron chi connectivity index (χ3n) is 5.00. The smallest absolute Gasteiger partial charge is 0.353 e. The van der Waals surface area contributed by atoms with Crippen LogP contribution < -0.4 is 10.6 Å². The monoisotopic (exact) mass is 356 g/mol. The summed E-state index contributed by atoms with van der Waals surface area (Å²) in [6, 6.07) is 2.24. The number of amides is 1. The topological polar surface area (TPSA) is 62.5 Å². The molecule has 2 N–H and O–H groups in total. The zero-order valence-corrected chi connectivity index (χ0v) is 14.2. The molecule has 2 atom stereocenters. The summed E-state index contributed by atoms with van der Waals surface area (Å²) >= 11 is 0. The summed E-state index contributed by atoms with van der Waals surface area (Å²) in [5, 5.41) is 0. The van der Waals surface area contributed by atoms with Crippen molar-refractivity contribution in [3.63, 3.8) is 0 Å². The first-order valence-corrected chi connectivity index (χ1v) is 8.59. The lowest BCUT2D eigenvalue weighted by Crippen LogP contribution is -2.50. The number of pyridine rings is 1. The second kappa shape index (κ2) is 6.82. The zero-order valence-electron chi connectivity index (χ0n) is 14.2. The summed E-state index contributed by atoms with van der Waals surface area (Å²) in [4.78, 5) is 20.4. The Balaban J connectivity index is 1.64. The molecule has 1 saturated heterocycles. The highest BCUT2D eigenvalue weighted by Crippen LogP contribution is 2.32. The maximum absolute atomic E-state index is 13.0. The van der Waals surface area contributed by atoms with Crippen molar-refractivity contribution in [3.8, 4) is 0 Å². The Bertz CT molecular complexity index is 641. The van der Waals surface area contributed by atoms with Crippen molar-refractivity contribution in [1.82, 2.24) is 9.88 Å². The van der Waals surface area contributed by atoms with Gasteiger partial charge in [0.15, 0.2) is 0 Å². The minimum absolute atomic E-state index is 0.00419. The highest BCUT2D eigenvalue weighted by Gasteiger charge is 2.34. The van der Waals surface area contributed by atoms with Crippen LogP contribution in [0.4, 0.5) is 19.0 Å². The minimum atomic E-state index is -4.39. The predicted molar refractivity (Wildman–Crippen MR) is 88.1 cm³/mol. The van der Waals surface area contributed by atoms with Gasteiger partial charge in [0.05, 0.1) is 5.56 Å². The summed E-state index contributed by atoms with van der Waals surface area (Å²) in [6.07, 6.45) is -1.95. The van der Waals surface area contributed by atoms with Gasteiger partial charge in [0.25, 0.3) is 0 Å². The normalized spacial score (nSPS) is 24.7. The number of rotatable bonds is 2. The molecule has 1 aromatic heterocycles. The van der Waals surface area contributed by atoms with E-state index in [2.05, 4.69) is 4.98 Å². The summed E-state index contributed by atoms with van der Waals surface area (Å²) in [6.45, 7) is 3.53. The number of anilines is 1. The first kappa shape index (κ1) is 18.0. The second-order valence-electron chi connectivity index (χ2n) is 6.94. The molecule has 25 heavy (non-hydrogen) atoms. The molecule has 8 heteroatoms. The van der Waals surface area contributed by atoms with Gasteiger partial charge in [-0.25, -0.2) is 4.98 Å². The lowest BCUT2D eigenvalue weighted by atomic mass is 10.1. The standard InChI is InChI=1S/C17H23F3N4O/c1-11-8-13(17(18,19)20)10-15(22-11)23-4-6-24(7-5-23)16(25)12-2-3-14(21)9-12/h8,10,12,14H,2-7,9,21H2,1H3. The van der Waals surface area contributed by atoms with Crippen LogP contribution in [0.5, 0.6) is 0 Å². The van der Waals surface area contributed by atoms with Crippen molar-refractivity contribution < 1.29 is 18.0 Å². The van der Waals surface area contributed by atoms with Gasteiger partial charge in [0.1, 0.15) is 5.82 Å². The number of aryl methyl sites for hydroxylation is 1. The summed E-state index contributed by atoms with van der Waals surface area (Å²) in [7, 11) is 0. The van der Waals surface area contributed by atoms with Crippen molar-refractivity contribution in [2.45, 2.75) is 38.4 Å². The van der Waals surface area contributed by atoms with Gasteiger partial charge >= 0.3 is 6.18 Å². The molecule has 3 rings (SSSR count). The second-order valence-corrected chi connectivity index (χ2v) is 6.94. The van der Waals surface area contributed by atoms with Gasteiger partial charge in [0.2, 0.25) is 5.91 Å². The van der Waals surface area contributed by atoms with Gasteiger partial charge in [0, 0.05) is 43.8 Å². The Labute approximate surface area is 145 Å². The van der Waals surface area contributed by atoms with E-state index in [1.165, 1.54) is 0 Å². The summed E-state index contributed by atoms with van der Waals surface area (Å²) < 4.78 is 38.9. The summed E-state index contributed by atoms with van der Waals surface area (Å²) in [5.41, 5.74) is 5.52. The molecule has 2 unspecified atom stereocenters. The zero-order chi connectivity index (χ0) is 18.2. The SMILES string of the molecule is Cc1cc(C(F)(F)F)cc(N2CCN(C(=O)C3CCC(N)C3)CC2)n1. The Kier molecular flexibility index (Phi) is 4.90. The molecular weight excluding hydrogens is 333 g/mol. The lowest BCUT2D eigenvalue weighted by Gasteiger charge is -2.36. The van der Waals surface area contributed by atoms with Crippen molar-refractivity contribution in [2.75, 3.05) is 31.1 Å². The first-order valence-electron chi connectivity index (χ1n) is 8.59. The molecule has 1 aliphatic carbocycles. The molecular formula is C17H23F3N4O. The molecule has 5 nitrogen and oxygen atoms in total. The molecule has 2 aliphatic rings. The van der Waals surface area contributed by atoms with E-state index < -0.39 is 11.7 Å². The quantitative estimate of drug-likeness (QED) is 0.882. The third kappa shape index (κ3) is 4.05. The van der Waals surface area contributed by atoms with E-state index >= 15 is 0 Å². The van der Waals surface area contributed by atoms with E-state index in [9.17, 15) is 18.0 Å². The Hall–Kier alpha value is -1.83. The van der Waals surface area contributed by atoms with Crippen LogP contribution in [0.15, 0.2) is 12.1 Å². The van der Waals surface area contributed by atoms with Crippen LogP contribution in [0, 0.1) is 12.8 Å². The fraction of sp³-hybridized carbons (Fsp3) is 0.647. The maximum Gasteiger partial charge on any atom is 0.416 e. The van der Waals surface area contributed by atoms with E-state index in [0.29, 0.717) is 37.7 Å². The molecule has 0 aromatic carbocycles. The van der Waals surface area contributed by atoms with E-state index in [0.717, 1.165) is 31.4 Å². The third-order valence-corrected chi connectivity index (χ3v) is 5.00. The van der Waals surface area contributed by atoms with Gasteiger partial charge in [-0.15, -0.1) is 0 Å². The van der Waals surface area contributed by atoms with Gasteiger partial charge in [-0.1, -0.05) is 0 Å². The molecule has 1 aromatic rings. The highest BCUT2D eigenvalue weighted by molar-refractivity contribution is 5.79. The Morgan fingerprint density at radius 1 is 1.20 bits per heavy atom. The van der Waals surface area contributed by atoms with E-state index in [-0.39, 0.29) is 17.9 Å². The number of nitrogens with zero attached hydrogens (tertiary/aromatic N) is 3. The van der Waals surface area contributed by atoms with Crippen molar-refractivity contribution in [1.29, 1.82) is 0 Å². The van der Waals surface area contributed by atoms with Gasteiger partial charge in [-0.2, -0.15) is 13.2 Å². The molecule has 1 amide bonds. The fourth-order valence-electron chi connectivity index (χ4n) is 3.63. The molecule has 2 fully saturated rings. The number of hydrogen-bond donors (Lipinski definition) is 1. The van der Waals surface area contributed by atoms with Crippen LogP contribution in [0.3, 0.4) is 0 Å². The predicted octanol–water partition coefficient (Wildman–Crippen LogP) is 2.18. The molecule has 138 valence electrons. The summed E-state index contributed by atoms with van der Waals surface area (Å²) in [5.74, 6) is 0.443. The number of halogens is 3. The molecule has 0 radical (unpaired) electrons. The number of alkyl halides is 3. The van der Waals surface area contributed by atoms with E-state index in [1.807, 2.05) is 4.90 Å². The van der Waals surface area contributed by atoms with Crippen LogP contribution in [0.2, 0.25) is 0 Å². The molecule has 1 saturated carbocycles. The van der Waals surface area contributed by atoms with Crippen molar-refractivity contribution in [3.05, 3.63) is 23.4 Å². The minimum Gasteiger partial charge on any atom is -0.353 e. The Morgan fingerprint density at radius 3 is 2.44 bits per heavy atom. The van der Waals surface area contributed by atoms with Crippen LogP contribution in [-0.2, 0) is 11.0 Å². The largest absolute Gasteiger partial charge is 0.416 e. The number of carbonyl (C=O) groups excluding carboxylic acids is 1. The fourth-order valence-corrected chi connectivity index (χ4v) is 3.63. The van der Waals surface area contributed by atoms with Crippen LogP contribution >= 0.6 is 0 Å². The number of nitrogens with two attached hydrogens (primary N) is 1. The maximum atomic E-state index is 13.0. The lowest BCUT2D eigenvalue weighted by molar-refractivity contribution is -0.137. The van der Waals surface area contributed by atoms with Gasteiger partial charge < -0.3 is 15.5 Å². The van der Waals surface area contributed by atoms with E-state index in [4.69, 9.17) is 5.73 Å². The van der Waals surface area contributed by atoms with Crippen molar-refractivity contribution in [2.24, 2.45) is 11.7 Å². The molecule has 0 spiro atoms. The molecule has 0 bridgehead atoms. The Morgan fingerprint density at radius 2 is 1.88 bits per heavy atom. The van der Waals surface area contributed by atoms with Gasteiger partial charge in [-0.05, 0) is 38.3 Å².